The van der Waals surface area contributed by atoms with Crippen molar-refractivity contribution in [1.82, 2.24) is 14.7 Å². The Labute approximate surface area is 282 Å². The fourth-order valence-electron chi connectivity index (χ4n) is 7.60. The van der Waals surface area contributed by atoms with E-state index >= 15 is 0 Å². The molecule has 0 N–H and O–H groups in total. The van der Waals surface area contributed by atoms with Gasteiger partial charge in [0.15, 0.2) is 0 Å². The van der Waals surface area contributed by atoms with Gasteiger partial charge in [-0.3, -0.25) is 19.4 Å². The topological polar surface area (TPSA) is 91.9 Å². The lowest BCUT2D eigenvalue weighted by atomic mass is 10.00. The van der Waals surface area contributed by atoms with E-state index in [1.54, 1.807) is 24.1 Å². The molecule has 3 aromatic carbocycles. The highest BCUT2D eigenvalue weighted by atomic mass is 16.6. The van der Waals surface area contributed by atoms with Crippen LogP contribution < -0.4 is 14.4 Å². The molecule has 3 saturated heterocycles. The van der Waals surface area contributed by atoms with Crippen LogP contribution in [0.1, 0.15) is 53.6 Å². The van der Waals surface area contributed by atoms with Crippen molar-refractivity contribution >= 4 is 23.6 Å². The zero-order valence-corrected chi connectivity index (χ0v) is 27.6. The van der Waals surface area contributed by atoms with E-state index < -0.39 is 0 Å². The number of hydrogen-bond donors (Lipinski definition) is 0. The summed E-state index contributed by atoms with van der Waals surface area (Å²) in [6.45, 7) is 5.37. The molecule has 4 aliphatic rings. The summed E-state index contributed by atoms with van der Waals surface area (Å²) in [6.07, 6.45) is 3.42. The first kappa shape index (κ1) is 32.0. The fourth-order valence-corrected chi connectivity index (χ4v) is 7.60. The Morgan fingerprint density at radius 1 is 0.833 bits per heavy atom. The molecule has 7 rings (SSSR count). The van der Waals surface area contributed by atoms with E-state index in [0.717, 1.165) is 50.1 Å². The molecule has 0 spiro atoms. The average molecular weight is 653 g/mol. The highest BCUT2D eigenvalue weighted by Crippen LogP contribution is 2.33. The zero-order chi connectivity index (χ0) is 33.0. The Kier molecular flexibility index (Phi) is 9.52. The molecule has 1 unspecified atom stereocenters. The molecule has 4 heterocycles. The van der Waals surface area contributed by atoms with E-state index in [4.69, 9.17) is 14.2 Å². The van der Waals surface area contributed by atoms with Gasteiger partial charge in [0.05, 0.1) is 24.3 Å². The van der Waals surface area contributed by atoms with Gasteiger partial charge in [0.1, 0.15) is 24.2 Å². The molecule has 0 aliphatic carbocycles. The van der Waals surface area contributed by atoms with Crippen LogP contribution in [-0.2, 0) is 22.7 Å². The summed E-state index contributed by atoms with van der Waals surface area (Å²) >= 11 is 0. The van der Waals surface area contributed by atoms with Crippen molar-refractivity contribution in [3.63, 3.8) is 0 Å². The SMILES string of the molecule is COc1cc(OC2CCN(C(=O)C3CCN(Cc4ccccc4)C3)CC2)ccc1C(=O)N1CCC(N2C(=O)OCc3ccccc32)CC1. The van der Waals surface area contributed by atoms with E-state index in [1.807, 2.05) is 46.2 Å². The molecule has 3 amide bonds. The molecule has 252 valence electrons. The minimum absolute atomic E-state index is 0.0101. The number of fused-ring (bicyclic) bond motifs is 1. The van der Waals surface area contributed by atoms with Crippen molar-refractivity contribution in [3.05, 3.63) is 89.5 Å². The largest absolute Gasteiger partial charge is 0.496 e. The van der Waals surface area contributed by atoms with Gasteiger partial charge in [-0.05, 0) is 49.6 Å². The van der Waals surface area contributed by atoms with Crippen molar-refractivity contribution < 1.29 is 28.6 Å². The van der Waals surface area contributed by atoms with Crippen LogP contribution in [0.25, 0.3) is 0 Å². The first-order valence-corrected chi connectivity index (χ1v) is 17.2. The van der Waals surface area contributed by atoms with Gasteiger partial charge in [0.25, 0.3) is 5.91 Å². The number of piperidine rings is 2. The molecule has 0 aromatic heterocycles. The van der Waals surface area contributed by atoms with Gasteiger partial charge < -0.3 is 24.0 Å². The number of anilines is 1. The average Bonchev–Trinajstić information content (AvgIpc) is 3.60. The van der Waals surface area contributed by atoms with Crippen LogP contribution in [0.2, 0.25) is 0 Å². The van der Waals surface area contributed by atoms with Crippen LogP contribution in [0.15, 0.2) is 72.8 Å². The number of cyclic esters (lactones) is 1. The molecular weight excluding hydrogens is 608 g/mol. The van der Waals surface area contributed by atoms with Gasteiger partial charge in [-0.15, -0.1) is 0 Å². The zero-order valence-electron chi connectivity index (χ0n) is 27.6. The summed E-state index contributed by atoms with van der Waals surface area (Å²) in [6, 6.07) is 23.6. The first-order chi connectivity index (χ1) is 23.5. The number of nitrogens with zero attached hydrogens (tertiary/aromatic N) is 4. The lowest BCUT2D eigenvalue weighted by molar-refractivity contribution is -0.137. The van der Waals surface area contributed by atoms with Crippen LogP contribution in [0.3, 0.4) is 0 Å². The van der Waals surface area contributed by atoms with Crippen LogP contribution >= 0.6 is 0 Å². The number of carbonyl (C=O) groups excluding carboxylic acids is 3. The van der Waals surface area contributed by atoms with E-state index in [2.05, 4.69) is 29.2 Å². The molecule has 4 aliphatic heterocycles. The van der Waals surface area contributed by atoms with E-state index in [0.29, 0.717) is 56.1 Å². The van der Waals surface area contributed by atoms with Crippen molar-refractivity contribution in [2.45, 2.75) is 57.4 Å². The number of hydrogen-bond acceptors (Lipinski definition) is 7. The second-order valence-corrected chi connectivity index (χ2v) is 13.3. The number of carbonyl (C=O) groups is 3. The first-order valence-electron chi connectivity index (χ1n) is 17.2. The van der Waals surface area contributed by atoms with Crippen molar-refractivity contribution in [2.24, 2.45) is 5.92 Å². The Bertz CT molecular complexity index is 1620. The maximum absolute atomic E-state index is 13.6. The van der Waals surface area contributed by atoms with Crippen molar-refractivity contribution in [3.8, 4) is 11.5 Å². The van der Waals surface area contributed by atoms with Gasteiger partial charge in [-0.1, -0.05) is 48.5 Å². The van der Waals surface area contributed by atoms with E-state index in [1.165, 1.54) is 5.56 Å². The van der Waals surface area contributed by atoms with Gasteiger partial charge >= 0.3 is 6.09 Å². The lowest BCUT2D eigenvalue weighted by Crippen LogP contribution is -2.50. The second-order valence-electron chi connectivity index (χ2n) is 13.3. The predicted molar refractivity (Wildman–Crippen MR) is 181 cm³/mol. The Morgan fingerprint density at radius 2 is 1.56 bits per heavy atom. The predicted octanol–water partition coefficient (Wildman–Crippen LogP) is 5.35. The summed E-state index contributed by atoms with van der Waals surface area (Å²) in [5, 5.41) is 0. The van der Waals surface area contributed by atoms with Gasteiger partial charge in [0, 0.05) is 69.8 Å². The minimum Gasteiger partial charge on any atom is -0.496 e. The molecule has 3 fully saturated rings. The highest BCUT2D eigenvalue weighted by Gasteiger charge is 2.36. The molecule has 1 atom stereocenters. The normalized spacial score (nSPS) is 20.7. The third kappa shape index (κ3) is 6.85. The van der Waals surface area contributed by atoms with Gasteiger partial charge in [-0.25, -0.2) is 4.79 Å². The van der Waals surface area contributed by atoms with Gasteiger partial charge in [0.2, 0.25) is 5.91 Å². The molecule has 10 heteroatoms. The fraction of sp³-hybridized carbons (Fsp3) is 0.447. The molecule has 10 nitrogen and oxygen atoms in total. The number of para-hydroxylation sites is 1. The number of benzene rings is 3. The lowest BCUT2D eigenvalue weighted by Gasteiger charge is -2.40. The Balaban J connectivity index is 0.896. The van der Waals surface area contributed by atoms with Crippen LogP contribution in [0.4, 0.5) is 10.5 Å². The van der Waals surface area contributed by atoms with Gasteiger partial charge in [-0.2, -0.15) is 0 Å². The third-order valence-electron chi connectivity index (χ3n) is 10.2. The monoisotopic (exact) mass is 652 g/mol. The number of rotatable bonds is 8. The molecule has 0 bridgehead atoms. The molecule has 48 heavy (non-hydrogen) atoms. The summed E-state index contributed by atoms with van der Waals surface area (Å²) in [7, 11) is 1.57. The van der Waals surface area contributed by atoms with Crippen LogP contribution in [0, 0.1) is 5.92 Å². The number of methoxy groups -OCH3 is 1. The summed E-state index contributed by atoms with van der Waals surface area (Å²) < 4.78 is 17.4. The second kappa shape index (κ2) is 14.3. The minimum atomic E-state index is -0.326. The van der Waals surface area contributed by atoms with E-state index in [-0.39, 0.29) is 42.6 Å². The molecule has 0 radical (unpaired) electrons. The molecule has 3 aromatic rings. The Hall–Kier alpha value is -4.57. The summed E-state index contributed by atoms with van der Waals surface area (Å²) in [5.74, 6) is 1.35. The number of likely N-dealkylation sites (tertiary alicyclic amines) is 3. The van der Waals surface area contributed by atoms with Crippen molar-refractivity contribution in [2.75, 3.05) is 51.3 Å². The summed E-state index contributed by atoms with van der Waals surface area (Å²) in [4.78, 5) is 47.6. The Morgan fingerprint density at radius 3 is 2.33 bits per heavy atom. The third-order valence-corrected chi connectivity index (χ3v) is 10.2. The maximum Gasteiger partial charge on any atom is 0.414 e. The quantitative estimate of drug-likeness (QED) is 0.324. The maximum atomic E-state index is 13.6. The standard InChI is InChI=1S/C38H44N4O6/c1-46-35-23-32(48-31-16-21-40(22-17-31)36(43)28-13-18-39(25-28)24-27-7-3-2-4-8-27)11-12-33(35)37(44)41-19-14-30(15-20-41)42-34-10-6-5-9-29(34)26-47-38(42)45/h2-12,23,28,30-31H,13-22,24-26H2,1H3. The smallest absolute Gasteiger partial charge is 0.414 e. The van der Waals surface area contributed by atoms with Crippen LogP contribution in [-0.4, -0.2) is 91.1 Å². The highest BCUT2D eigenvalue weighted by molar-refractivity contribution is 5.97. The summed E-state index contributed by atoms with van der Waals surface area (Å²) in [5.41, 5.74) is 3.67. The number of amides is 3. The molecule has 0 saturated carbocycles. The number of ether oxygens (including phenoxy) is 3. The van der Waals surface area contributed by atoms with Crippen molar-refractivity contribution in [1.29, 1.82) is 0 Å². The molecular formula is C38H44N4O6. The van der Waals surface area contributed by atoms with E-state index in [9.17, 15) is 14.4 Å². The van der Waals surface area contributed by atoms with Crippen LogP contribution in [0.5, 0.6) is 11.5 Å².